The van der Waals surface area contributed by atoms with Crippen molar-refractivity contribution in [2.45, 2.75) is 33.1 Å². The van der Waals surface area contributed by atoms with E-state index in [1.807, 2.05) is 13.0 Å². The van der Waals surface area contributed by atoms with E-state index in [0.717, 1.165) is 19.3 Å². The van der Waals surface area contributed by atoms with Crippen LogP contribution < -0.4 is 0 Å². The fraction of sp³-hybridized carbons (Fsp3) is 0.667. The van der Waals surface area contributed by atoms with Gasteiger partial charge in [-0.25, -0.2) is 0 Å². The van der Waals surface area contributed by atoms with Crippen molar-refractivity contribution in [1.29, 1.82) is 0 Å². The average Bonchev–Trinajstić information content (AvgIpc) is 1.88. The van der Waals surface area contributed by atoms with Crippen LogP contribution >= 0.6 is 0 Å². The van der Waals surface area contributed by atoms with Gasteiger partial charge in [0.1, 0.15) is 5.78 Å². The summed E-state index contributed by atoms with van der Waals surface area (Å²) in [5.74, 6) is 0.531. The quantitative estimate of drug-likeness (QED) is 0.423. The molecule has 0 spiro atoms. The molecule has 0 radical (unpaired) electrons. The van der Waals surface area contributed by atoms with Crippen LogP contribution in [0.3, 0.4) is 0 Å². The molecule has 0 aliphatic rings. The summed E-state index contributed by atoms with van der Waals surface area (Å²) < 4.78 is 0. The maximum Gasteiger partial charge on any atom is 0.132 e. The second kappa shape index (κ2) is 5.21. The summed E-state index contributed by atoms with van der Waals surface area (Å²) in [5, 5.41) is 0. The number of unbranched alkanes of at least 4 members (excludes halogenated alkanes) is 1. The lowest BCUT2D eigenvalue weighted by Gasteiger charge is -2.04. The maximum absolute atomic E-state index is 10.7. The number of Topliss-reactive ketones (excluding diaryl/α,β-unsaturated/α-hetero) is 1. The molecule has 0 aromatic rings. The van der Waals surface area contributed by atoms with Crippen molar-refractivity contribution in [3.63, 3.8) is 0 Å². The van der Waals surface area contributed by atoms with Gasteiger partial charge in [-0.2, -0.15) is 0 Å². The number of allylic oxidation sites excluding steroid dienone is 1. The maximum atomic E-state index is 10.7. The van der Waals surface area contributed by atoms with Gasteiger partial charge in [0, 0.05) is 5.92 Å². The topological polar surface area (TPSA) is 17.1 Å². The van der Waals surface area contributed by atoms with Gasteiger partial charge in [0.2, 0.25) is 0 Å². The van der Waals surface area contributed by atoms with Crippen molar-refractivity contribution < 1.29 is 4.79 Å². The van der Waals surface area contributed by atoms with E-state index < -0.39 is 0 Å². The van der Waals surface area contributed by atoms with E-state index in [1.165, 1.54) is 0 Å². The fourth-order valence-electron chi connectivity index (χ4n) is 0.772. The molecule has 1 heteroatoms. The minimum absolute atomic E-state index is 0.236. The monoisotopic (exact) mass is 140 g/mol. The second-order valence-corrected chi connectivity index (χ2v) is 2.73. The molecule has 0 N–H and O–H groups in total. The Balaban J connectivity index is 3.30. The normalized spacial score (nSPS) is 12.6. The van der Waals surface area contributed by atoms with Crippen LogP contribution in [-0.4, -0.2) is 5.78 Å². The highest BCUT2D eigenvalue weighted by Crippen LogP contribution is 2.08. The number of hydrogen-bond donors (Lipinski definition) is 0. The van der Waals surface area contributed by atoms with Crippen molar-refractivity contribution in [3.8, 4) is 0 Å². The molecule has 0 aliphatic heterocycles. The Morgan fingerprint density at radius 1 is 1.70 bits per heavy atom. The minimum Gasteiger partial charge on any atom is -0.300 e. The SMILES string of the molecule is C=CCCC[C@@H](C)C(C)=O. The van der Waals surface area contributed by atoms with E-state index in [0.29, 0.717) is 5.78 Å². The summed E-state index contributed by atoms with van der Waals surface area (Å²) in [6.45, 7) is 7.25. The average molecular weight is 140 g/mol. The third-order valence-electron chi connectivity index (χ3n) is 1.74. The zero-order valence-corrected chi connectivity index (χ0v) is 6.89. The summed E-state index contributed by atoms with van der Waals surface area (Å²) in [6.07, 6.45) is 5.01. The Morgan fingerprint density at radius 2 is 2.30 bits per heavy atom. The lowest BCUT2D eigenvalue weighted by Crippen LogP contribution is -2.05. The third-order valence-corrected chi connectivity index (χ3v) is 1.74. The Labute approximate surface area is 63.1 Å². The van der Waals surface area contributed by atoms with Crippen molar-refractivity contribution >= 4 is 5.78 Å². The van der Waals surface area contributed by atoms with Gasteiger partial charge in [-0.15, -0.1) is 6.58 Å². The standard InChI is InChI=1S/C9H16O/c1-4-5-6-7-8(2)9(3)10/h4,8H,1,5-7H2,2-3H3/t8-/m1/s1. The van der Waals surface area contributed by atoms with Crippen LogP contribution in [0.15, 0.2) is 12.7 Å². The predicted molar refractivity (Wildman–Crippen MR) is 43.9 cm³/mol. The lowest BCUT2D eigenvalue weighted by molar-refractivity contribution is -0.120. The first-order valence-corrected chi connectivity index (χ1v) is 3.79. The van der Waals surface area contributed by atoms with E-state index in [9.17, 15) is 4.79 Å². The van der Waals surface area contributed by atoms with E-state index in [4.69, 9.17) is 0 Å². The molecule has 0 rings (SSSR count). The van der Waals surface area contributed by atoms with Gasteiger partial charge in [0.05, 0.1) is 0 Å². The number of hydrogen-bond acceptors (Lipinski definition) is 1. The van der Waals surface area contributed by atoms with Crippen LogP contribution in [0.1, 0.15) is 33.1 Å². The largest absolute Gasteiger partial charge is 0.300 e. The molecule has 58 valence electrons. The van der Waals surface area contributed by atoms with Crippen molar-refractivity contribution in [1.82, 2.24) is 0 Å². The van der Waals surface area contributed by atoms with Gasteiger partial charge in [-0.1, -0.05) is 13.0 Å². The van der Waals surface area contributed by atoms with E-state index in [-0.39, 0.29) is 5.92 Å². The molecular formula is C9H16O. The molecule has 0 saturated carbocycles. The predicted octanol–water partition coefficient (Wildman–Crippen LogP) is 2.57. The highest BCUT2D eigenvalue weighted by atomic mass is 16.1. The first kappa shape index (κ1) is 9.41. The Kier molecular flexibility index (Phi) is 4.91. The van der Waals surface area contributed by atoms with Crippen molar-refractivity contribution in [2.24, 2.45) is 5.92 Å². The second-order valence-electron chi connectivity index (χ2n) is 2.73. The molecule has 1 nitrogen and oxygen atoms in total. The molecule has 1 atom stereocenters. The van der Waals surface area contributed by atoms with Crippen LogP contribution in [-0.2, 0) is 4.79 Å². The van der Waals surface area contributed by atoms with E-state index in [1.54, 1.807) is 6.92 Å². The molecule has 0 bridgehead atoms. The van der Waals surface area contributed by atoms with Crippen LogP contribution in [0.25, 0.3) is 0 Å². The minimum atomic E-state index is 0.236. The van der Waals surface area contributed by atoms with Gasteiger partial charge in [0.25, 0.3) is 0 Å². The van der Waals surface area contributed by atoms with Gasteiger partial charge in [0.15, 0.2) is 0 Å². The summed E-state index contributed by atoms with van der Waals surface area (Å²) in [5.41, 5.74) is 0. The highest BCUT2D eigenvalue weighted by Gasteiger charge is 2.04. The molecule has 0 unspecified atom stereocenters. The first-order valence-electron chi connectivity index (χ1n) is 3.79. The summed E-state index contributed by atoms with van der Waals surface area (Å²) in [6, 6.07) is 0. The van der Waals surface area contributed by atoms with Crippen LogP contribution in [0.2, 0.25) is 0 Å². The number of rotatable bonds is 5. The molecule has 0 aromatic carbocycles. The Bertz CT molecular complexity index is 116. The molecule has 0 aliphatic carbocycles. The molecule has 0 amide bonds. The number of carbonyl (C=O) groups is 1. The molecule has 0 saturated heterocycles. The van der Waals surface area contributed by atoms with Gasteiger partial charge >= 0.3 is 0 Å². The first-order chi connectivity index (χ1) is 4.68. The molecular weight excluding hydrogens is 124 g/mol. The van der Waals surface area contributed by atoms with Gasteiger partial charge in [-0.05, 0) is 26.2 Å². The fourth-order valence-corrected chi connectivity index (χ4v) is 0.772. The van der Waals surface area contributed by atoms with Crippen molar-refractivity contribution in [3.05, 3.63) is 12.7 Å². The van der Waals surface area contributed by atoms with E-state index in [2.05, 4.69) is 6.58 Å². The van der Waals surface area contributed by atoms with Crippen LogP contribution in [0.4, 0.5) is 0 Å². The molecule has 0 fully saturated rings. The van der Waals surface area contributed by atoms with Gasteiger partial charge in [-0.3, -0.25) is 4.79 Å². The number of ketones is 1. The zero-order chi connectivity index (χ0) is 7.98. The molecule has 0 heterocycles. The molecule has 10 heavy (non-hydrogen) atoms. The lowest BCUT2D eigenvalue weighted by atomic mass is 10.0. The smallest absolute Gasteiger partial charge is 0.132 e. The van der Waals surface area contributed by atoms with Crippen LogP contribution in [0.5, 0.6) is 0 Å². The van der Waals surface area contributed by atoms with Crippen molar-refractivity contribution in [2.75, 3.05) is 0 Å². The van der Waals surface area contributed by atoms with Crippen LogP contribution in [0, 0.1) is 5.92 Å². The number of carbonyl (C=O) groups excluding carboxylic acids is 1. The third kappa shape index (κ3) is 4.30. The molecule has 0 aromatic heterocycles. The Hall–Kier alpha value is -0.590. The summed E-state index contributed by atoms with van der Waals surface area (Å²) >= 11 is 0. The van der Waals surface area contributed by atoms with Gasteiger partial charge < -0.3 is 0 Å². The highest BCUT2D eigenvalue weighted by molar-refractivity contribution is 5.77. The zero-order valence-electron chi connectivity index (χ0n) is 6.89. The summed E-state index contributed by atoms with van der Waals surface area (Å²) in [4.78, 5) is 10.7. The summed E-state index contributed by atoms with van der Waals surface area (Å²) in [7, 11) is 0. The Morgan fingerprint density at radius 3 is 2.70 bits per heavy atom. The van der Waals surface area contributed by atoms with E-state index >= 15 is 0 Å².